The van der Waals surface area contributed by atoms with Crippen LogP contribution in [0.15, 0.2) is 18.2 Å². The Labute approximate surface area is 118 Å². The molecule has 2 saturated heterocycles. The van der Waals surface area contributed by atoms with E-state index in [1.54, 1.807) is 12.1 Å². The number of hydrogen-bond donors (Lipinski definition) is 3. The van der Waals surface area contributed by atoms with E-state index in [-0.39, 0.29) is 5.56 Å². The Morgan fingerprint density at radius 1 is 1.30 bits per heavy atom. The van der Waals surface area contributed by atoms with Gasteiger partial charge in [0, 0.05) is 30.0 Å². The monoisotopic (exact) mass is 275 g/mol. The molecule has 1 aromatic carbocycles. The van der Waals surface area contributed by atoms with E-state index in [0.717, 1.165) is 13.0 Å². The van der Waals surface area contributed by atoms with E-state index in [2.05, 4.69) is 10.2 Å². The van der Waals surface area contributed by atoms with E-state index >= 15 is 0 Å². The summed E-state index contributed by atoms with van der Waals surface area (Å²) >= 11 is 0. The van der Waals surface area contributed by atoms with Crippen LogP contribution in [-0.2, 0) is 0 Å². The van der Waals surface area contributed by atoms with Crippen LogP contribution in [0.2, 0.25) is 0 Å². The number of carboxylic acid groups (broad SMARTS) is 1. The second-order valence-electron chi connectivity index (χ2n) is 5.75. The van der Waals surface area contributed by atoms with Gasteiger partial charge in [-0.25, -0.2) is 4.79 Å². The van der Waals surface area contributed by atoms with Crippen molar-refractivity contribution in [3.8, 4) is 0 Å². The zero-order valence-corrected chi connectivity index (χ0v) is 11.5. The third-order valence-corrected chi connectivity index (χ3v) is 4.47. The van der Waals surface area contributed by atoms with Crippen LogP contribution in [0.4, 0.5) is 11.4 Å². The smallest absolute Gasteiger partial charge is 0.337 e. The molecule has 2 atom stereocenters. The normalized spacial score (nSPS) is 26.2. The Hall–Kier alpha value is -1.75. The van der Waals surface area contributed by atoms with Crippen LogP contribution in [0.25, 0.3) is 0 Å². The summed E-state index contributed by atoms with van der Waals surface area (Å²) in [6.45, 7) is 2.29. The first-order valence-electron chi connectivity index (χ1n) is 7.28. The van der Waals surface area contributed by atoms with E-state index in [1.807, 2.05) is 0 Å². The molecule has 1 aromatic rings. The first kappa shape index (κ1) is 13.2. The number of nitrogens with two attached hydrogens (primary N) is 1. The summed E-state index contributed by atoms with van der Waals surface area (Å²) in [5, 5.41) is 12.7. The Morgan fingerprint density at radius 3 is 2.95 bits per heavy atom. The van der Waals surface area contributed by atoms with Gasteiger partial charge in [0.25, 0.3) is 0 Å². The second-order valence-corrected chi connectivity index (χ2v) is 5.75. The molecule has 2 aliphatic heterocycles. The predicted molar refractivity (Wildman–Crippen MR) is 79.1 cm³/mol. The average molecular weight is 275 g/mol. The molecule has 0 aliphatic carbocycles. The molecule has 3 rings (SSSR count). The Bertz CT molecular complexity index is 518. The molecule has 20 heavy (non-hydrogen) atoms. The number of carbonyl (C=O) groups is 1. The fourth-order valence-electron chi connectivity index (χ4n) is 3.48. The van der Waals surface area contributed by atoms with Crippen molar-refractivity contribution in [2.75, 3.05) is 24.1 Å². The number of aromatic carboxylic acids is 1. The molecule has 0 spiro atoms. The van der Waals surface area contributed by atoms with Gasteiger partial charge in [-0.2, -0.15) is 0 Å². The van der Waals surface area contributed by atoms with E-state index < -0.39 is 5.97 Å². The SMILES string of the molecule is Nc1ccc(NC2CCN3CCCCC23)c(C(=O)O)c1. The van der Waals surface area contributed by atoms with Gasteiger partial charge >= 0.3 is 5.97 Å². The largest absolute Gasteiger partial charge is 0.478 e. The Balaban J connectivity index is 1.79. The van der Waals surface area contributed by atoms with Gasteiger partial charge in [-0.05, 0) is 44.0 Å². The minimum Gasteiger partial charge on any atom is -0.478 e. The Kier molecular flexibility index (Phi) is 3.53. The number of nitrogens with zero attached hydrogens (tertiary/aromatic N) is 1. The van der Waals surface area contributed by atoms with Gasteiger partial charge in [-0.1, -0.05) is 6.42 Å². The summed E-state index contributed by atoms with van der Waals surface area (Å²) in [5.41, 5.74) is 7.11. The summed E-state index contributed by atoms with van der Waals surface area (Å²) in [6.07, 6.45) is 4.83. The number of anilines is 2. The lowest BCUT2D eigenvalue weighted by molar-refractivity contribution is 0.0698. The molecule has 2 heterocycles. The molecule has 4 N–H and O–H groups in total. The first-order chi connectivity index (χ1) is 9.65. The van der Waals surface area contributed by atoms with Crippen molar-refractivity contribution in [1.82, 2.24) is 4.90 Å². The van der Waals surface area contributed by atoms with Gasteiger partial charge in [-0.3, -0.25) is 4.90 Å². The van der Waals surface area contributed by atoms with Crippen LogP contribution in [-0.4, -0.2) is 41.1 Å². The maximum atomic E-state index is 11.3. The number of hydrogen-bond acceptors (Lipinski definition) is 4. The lowest BCUT2D eigenvalue weighted by Crippen LogP contribution is -2.41. The second kappa shape index (κ2) is 5.32. The quantitative estimate of drug-likeness (QED) is 0.735. The molecule has 5 heteroatoms. The van der Waals surface area contributed by atoms with E-state index in [0.29, 0.717) is 23.5 Å². The van der Waals surface area contributed by atoms with Crippen LogP contribution in [0.3, 0.4) is 0 Å². The molecule has 5 nitrogen and oxygen atoms in total. The van der Waals surface area contributed by atoms with Gasteiger partial charge in [-0.15, -0.1) is 0 Å². The van der Waals surface area contributed by atoms with Crippen molar-refractivity contribution < 1.29 is 9.90 Å². The fourth-order valence-corrected chi connectivity index (χ4v) is 3.48. The number of benzene rings is 1. The van der Waals surface area contributed by atoms with Crippen LogP contribution >= 0.6 is 0 Å². The highest BCUT2D eigenvalue weighted by molar-refractivity contribution is 5.95. The number of piperidine rings is 1. The third kappa shape index (κ3) is 2.45. The average Bonchev–Trinajstić information content (AvgIpc) is 2.84. The molecule has 108 valence electrons. The number of carboxylic acids is 1. The van der Waals surface area contributed by atoms with Crippen LogP contribution < -0.4 is 11.1 Å². The van der Waals surface area contributed by atoms with Crippen molar-refractivity contribution in [3.63, 3.8) is 0 Å². The van der Waals surface area contributed by atoms with Crippen molar-refractivity contribution in [2.45, 2.75) is 37.8 Å². The highest BCUT2D eigenvalue weighted by Gasteiger charge is 2.35. The van der Waals surface area contributed by atoms with Crippen molar-refractivity contribution in [1.29, 1.82) is 0 Å². The van der Waals surface area contributed by atoms with Gasteiger partial charge in [0.2, 0.25) is 0 Å². The van der Waals surface area contributed by atoms with E-state index in [9.17, 15) is 9.90 Å². The summed E-state index contributed by atoms with van der Waals surface area (Å²) in [5.74, 6) is -0.932. The van der Waals surface area contributed by atoms with Gasteiger partial charge < -0.3 is 16.2 Å². The predicted octanol–water partition coefficient (Wildman–Crippen LogP) is 2.01. The Morgan fingerprint density at radius 2 is 2.15 bits per heavy atom. The topological polar surface area (TPSA) is 78.6 Å². The number of nitrogen functional groups attached to an aromatic ring is 1. The highest BCUT2D eigenvalue weighted by Crippen LogP contribution is 2.30. The molecule has 0 radical (unpaired) electrons. The third-order valence-electron chi connectivity index (χ3n) is 4.47. The maximum absolute atomic E-state index is 11.3. The lowest BCUT2D eigenvalue weighted by Gasteiger charge is -2.33. The maximum Gasteiger partial charge on any atom is 0.337 e. The molecule has 0 bridgehead atoms. The van der Waals surface area contributed by atoms with Crippen molar-refractivity contribution in [3.05, 3.63) is 23.8 Å². The highest BCUT2D eigenvalue weighted by atomic mass is 16.4. The molecule has 0 saturated carbocycles. The van der Waals surface area contributed by atoms with Gasteiger partial charge in [0.15, 0.2) is 0 Å². The fraction of sp³-hybridized carbons (Fsp3) is 0.533. The molecule has 0 amide bonds. The summed E-state index contributed by atoms with van der Waals surface area (Å²) in [7, 11) is 0. The van der Waals surface area contributed by atoms with Crippen molar-refractivity contribution in [2.24, 2.45) is 0 Å². The molecule has 0 aromatic heterocycles. The molecule has 2 fully saturated rings. The zero-order valence-electron chi connectivity index (χ0n) is 11.5. The number of rotatable bonds is 3. The van der Waals surface area contributed by atoms with Crippen molar-refractivity contribution >= 4 is 17.3 Å². The van der Waals surface area contributed by atoms with Crippen LogP contribution in [0, 0.1) is 0 Å². The van der Waals surface area contributed by atoms with Gasteiger partial charge in [0.1, 0.15) is 0 Å². The van der Waals surface area contributed by atoms with Gasteiger partial charge in [0.05, 0.1) is 5.56 Å². The molecule has 2 unspecified atom stereocenters. The summed E-state index contributed by atoms with van der Waals surface area (Å²) in [6, 6.07) is 5.95. The minimum absolute atomic E-state index is 0.263. The summed E-state index contributed by atoms with van der Waals surface area (Å²) in [4.78, 5) is 13.9. The van der Waals surface area contributed by atoms with E-state index in [4.69, 9.17) is 5.73 Å². The summed E-state index contributed by atoms with van der Waals surface area (Å²) < 4.78 is 0. The van der Waals surface area contributed by atoms with E-state index in [1.165, 1.54) is 31.9 Å². The first-order valence-corrected chi connectivity index (χ1v) is 7.28. The number of nitrogens with one attached hydrogen (secondary N) is 1. The standard InChI is InChI=1S/C15H21N3O2/c16-10-4-5-12(11(9-10)15(19)20)17-13-6-8-18-7-2-1-3-14(13)18/h4-5,9,13-14,17H,1-3,6-8,16H2,(H,19,20). The lowest BCUT2D eigenvalue weighted by atomic mass is 9.98. The van der Waals surface area contributed by atoms with Crippen LogP contribution in [0.5, 0.6) is 0 Å². The molecular weight excluding hydrogens is 254 g/mol. The zero-order chi connectivity index (χ0) is 14.1. The van der Waals surface area contributed by atoms with Crippen LogP contribution in [0.1, 0.15) is 36.0 Å². The molecule has 2 aliphatic rings. The number of fused-ring (bicyclic) bond motifs is 1. The molecular formula is C15H21N3O2. The minimum atomic E-state index is -0.932.